The highest BCUT2D eigenvalue weighted by molar-refractivity contribution is 5.95. The summed E-state index contributed by atoms with van der Waals surface area (Å²) in [7, 11) is 0. The van der Waals surface area contributed by atoms with Crippen LogP contribution in [0.25, 0.3) is 10.9 Å². The van der Waals surface area contributed by atoms with Crippen LogP contribution >= 0.6 is 0 Å². The minimum absolute atomic E-state index is 0.105. The Morgan fingerprint density at radius 3 is 3.00 bits per heavy atom. The van der Waals surface area contributed by atoms with E-state index in [9.17, 15) is 10.1 Å². The fraction of sp³-hybridized carbons (Fsp3) is 0.476. The van der Waals surface area contributed by atoms with Gasteiger partial charge >= 0.3 is 0 Å². The smallest absolute Gasteiger partial charge is 0.220 e. The molecule has 2 atom stereocenters. The largest absolute Gasteiger partial charge is 0.369 e. The number of fused-ring (bicyclic) bond motifs is 1. The molecule has 0 radical (unpaired) electrons. The van der Waals surface area contributed by atoms with Gasteiger partial charge < -0.3 is 16.0 Å². The molecule has 0 unspecified atom stereocenters. The first-order valence-corrected chi connectivity index (χ1v) is 9.64. The number of benzene rings is 1. The molecular formula is C21H27N5O. The van der Waals surface area contributed by atoms with Gasteiger partial charge in [0.1, 0.15) is 6.07 Å². The van der Waals surface area contributed by atoms with E-state index in [4.69, 9.17) is 5.73 Å². The van der Waals surface area contributed by atoms with Gasteiger partial charge in [0, 0.05) is 42.8 Å². The predicted molar refractivity (Wildman–Crippen MR) is 107 cm³/mol. The van der Waals surface area contributed by atoms with E-state index in [1.165, 1.54) is 0 Å². The lowest BCUT2D eigenvalue weighted by Crippen LogP contribution is -2.50. The van der Waals surface area contributed by atoms with Gasteiger partial charge in [0.25, 0.3) is 0 Å². The van der Waals surface area contributed by atoms with E-state index in [1.807, 2.05) is 24.3 Å². The quantitative estimate of drug-likeness (QED) is 0.767. The predicted octanol–water partition coefficient (Wildman–Crippen LogP) is 2.57. The second-order valence-electron chi connectivity index (χ2n) is 7.40. The maximum absolute atomic E-state index is 12.2. The number of nitrogens with zero attached hydrogens (tertiary/aromatic N) is 3. The average Bonchev–Trinajstić information content (AvgIpc) is 2.66. The third kappa shape index (κ3) is 4.55. The summed E-state index contributed by atoms with van der Waals surface area (Å²) in [6.45, 7) is 4.53. The zero-order valence-electron chi connectivity index (χ0n) is 15.8. The summed E-state index contributed by atoms with van der Waals surface area (Å²) in [6, 6.07) is 10.1. The summed E-state index contributed by atoms with van der Waals surface area (Å²) in [5, 5.41) is 13.5. The summed E-state index contributed by atoms with van der Waals surface area (Å²) in [4.78, 5) is 18.9. The lowest BCUT2D eigenvalue weighted by molar-refractivity contribution is -0.122. The second-order valence-corrected chi connectivity index (χ2v) is 7.40. The van der Waals surface area contributed by atoms with Crippen LogP contribution in [0.4, 0.5) is 5.69 Å². The Kier molecular flexibility index (Phi) is 6.25. The third-order valence-corrected chi connectivity index (χ3v) is 5.09. The summed E-state index contributed by atoms with van der Waals surface area (Å²) in [5.74, 6) is 0.573. The zero-order valence-corrected chi connectivity index (χ0v) is 15.8. The fourth-order valence-corrected chi connectivity index (χ4v) is 3.91. The molecule has 1 aliphatic heterocycles. The number of pyridine rings is 1. The molecule has 6 heteroatoms. The van der Waals surface area contributed by atoms with Gasteiger partial charge in [-0.3, -0.25) is 9.78 Å². The van der Waals surface area contributed by atoms with Crippen molar-refractivity contribution in [3.8, 4) is 6.07 Å². The van der Waals surface area contributed by atoms with Crippen molar-refractivity contribution in [2.75, 3.05) is 24.5 Å². The molecule has 3 rings (SSSR count). The number of unbranched alkanes of at least 4 members (excludes halogenated alkanes) is 1. The molecule has 1 fully saturated rings. The number of nitrogens with two attached hydrogens (primary N) is 1. The molecular weight excluding hydrogens is 338 g/mol. The highest BCUT2D eigenvalue weighted by Crippen LogP contribution is 2.31. The Morgan fingerprint density at radius 2 is 2.22 bits per heavy atom. The number of hydrogen-bond acceptors (Lipinski definition) is 5. The zero-order chi connectivity index (χ0) is 19.2. The lowest BCUT2D eigenvalue weighted by Gasteiger charge is -2.38. The molecule has 0 spiro atoms. The molecule has 2 heterocycles. The molecule has 0 saturated carbocycles. The van der Waals surface area contributed by atoms with Gasteiger partial charge in [-0.2, -0.15) is 5.26 Å². The van der Waals surface area contributed by atoms with Gasteiger partial charge in [-0.25, -0.2) is 0 Å². The first kappa shape index (κ1) is 19.1. The Bertz CT molecular complexity index is 844. The first-order valence-electron chi connectivity index (χ1n) is 9.64. The standard InChI is InChI=1S/C21H27N5O/c1-15-11-17(25-20(27)6-2-3-9-22)14-26(13-15)19-8-7-16(12-23)21-18(19)5-4-10-24-21/h4-5,7-8,10,15,17H,2-3,6,9,11,13-14,22H2,1H3,(H,25,27)/t15-,17+/m0/s1. The van der Waals surface area contributed by atoms with Crippen LogP contribution in [0.1, 0.15) is 38.2 Å². The highest BCUT2D eigenvalue weighted by Gasteiger charge is 2.27. The van der Waals surface area contributed by atoms with Crippen LogP contribution in [0.15, 0.2) is 30.5 Å². The van der Waals surface area contributed by atoms with Crippen molar-refractivity contribution >= 4 is 22.5 Å². The molecule has 3 N–H and O–H groups in total. The minimum Gasteiger partial charge on any atom is -0.369 e. The van der Waals surface area contributed by atoms with Gasteiger partial charge in [-0.1, -0.05) is 6.92 Å². The monoisotopic (exact) mass is 365 g/mol. The summed E-state index contributed by atoms with van der Waals surface area (Å²) in [5.41, 5.74) is 7.90. The summed E-state index contributed by atoms with van der Waals surface area (Å²) < 4.78 is 0. The Balaban J connectivity index is 1.78. The van der Waals surface area contributed by atoms with E-state index >= 15 is 0 Å². The molecule has 1 amide bonds. The average molecular weight is 365 g/mol. The Labute approximate surface area is 160 Å². The van der Waals surface area contributed by atoms with Crippen LogP contribution in [0, 0.1) is 17.2 Å². The number of nitrogens with one attached hydrogen (secondary N) is 1. The number of carbonyl (C=O) groups excluding carboxylic acids is 1. The summed E-state index contributed by atoms with van der Waals surface area (Å²) >= 11 is 0. The molecule has 142 valence electrons. The van der Waals surface area contributed by atoms with Crippen molar-refractivity contribution in [3.05, 3.63) is 36.0 Å². The molecule has 1 saturated heterocycles. The molecule has 0 bridgehead atoms. The lowest BCUT2D eigenvalue weighted by atomic mass is 9.94. The van der Waals surface area contributed by atoms with Gasteiger partial charge in [0.05, 0.1) is 11.1 Å². The molecule has 0 aliphatic carbocycles. The summed E-state index contributed by atoms with van der Waals surface area (Å²) in [6.07, 6.45) is 4.94. The highest BCUT2D eigenvalue weighted by atomic mass is 16.1. The normalized spacial score (nSPS) is 19.7. The SMILES string of the molecule is C[C@H]1C[C@@H](NC(=O)CCCCN)CN(c2ccc(C#N)c3ncccc23)C1. The van der Waals surface area contributed by atoms with Crippen LogP contribution in [-0.4, -0.2) is 36.6 Å². The Hall–Kier alpha value is -2.65. The molecule has 6 nitrogen and oxygen atoms in total. The minimum atomic E-state index is 0.105. The van der Waals surface area contributed by atoms with E-state index in [2.05, 4.69) is 28.2 Å². The van der Waals surface area contributed by atoms with E-state index in [0.717, 1.165) is 48.9 Å². The number of nitriles is 1. The van der Waals surface area contributed by atoms with Crippen molar-refractivity contribution in [3.63, 3.8) is 0 Å². The van der Waals surface area contributed by atoms with Gasteiger partial charge in [0.2, 0.25) is 5.91 Å². The van der Waals surface area contributed by atoms with E-state index in [0.29, 0.717) is 24.4 Å². The maximum atomic E-state index is 12.2. The van der Waals surface area contributed by atoms with Crippen molar-refractivity contribution in [1.29, 1.82) is 5.26 Å². The van der Waals surface area contributed by atoms with Crippen LogP contribution in [0.3, 0.4) is 0 Å². The molecule has 27 heavy (non-hydrogen) atoms. The van der Waals surface area contributed by atoms with Crippen molar-refractivity contribution in [2.24, 2.45) is 11.7 Å². The van der Waals surface area contributed by atoms with E-state index in [-0.39, 0.29) is 11.9 Å². The number of piperidine rings is 1. The number of carbonyl (C=O) groups is 1. The second kappa shape index (κ2) is 8.83. The first-order chi connectivity index (χ1) is 13.1. The maximum Gasteiger partial charge on any atom is 0.220 e. The third-order valence-electron chi connectivity index (χ3n) is 5.09. The van der Waals surface area contributed by atoms with E-state index in [1.54, 1.807) is 6.20 Å². The van der Waals surface area contributed by atoms with Crippen molar-refractivity contribution in [2.45, 2.75) is 38.6 Å². The van der Waals surface area contributed by atoms with Crippen molar-refractivity contribution in [1.82, 2.24) is 10.3 Å². The van der Waals surface area contributed by atoms with Gasteiger partial charge in [0.15, 0.2) is 0 Å². The van der Waals surface area contributed by atoms with E-state index < -0.39 is 0 Å². The van der Waals surface area contributed by atoms with Gasteiger partial charge in [-0.05, 0) is 56.0 Å². The number of amides is 1. The molecule has 1 aromatic carbocycles. The number of anilines is 1. The van der Waals surface area contributed by atoms with Crippen LogP contribution in [-0.2, 0) is 4.79 Å². The number of hydrogen-bond donors (Lipinski definition) is 2. The topological polar surface area (TPSA) is 95.0 Å². The van der Waals surface area contributed by atoms with Crippen LogP contribution in [0.5, 0.6) is 0 Å². The van der Waals surface area contributed by atoms with Crippen LogP contribution < -0.4 is 16.0 Å². The molecule has 1 aliphatic rings. The molecule has 1 aromatic heterocycles. The Morgan fingerprint density at radius 1 is 1.37 bits per heavy atom. The number of aromatic nitrogens is 1. The number of rotatable bonds is 6. The van der Waals surface area contributed by atoms with Crippen LogP contribution in [0.2, 0.25) is 0 Å². The van der Waals surface area contributed by atoms with Crippen molar-refractivity contribution < 1.29 is 4.79 Å². The van der Waals surface area contributed by atoms with Gasteiger partial charge in [-0.15, -0.1) is 0 Å². The fourth-order valence-electron chi connectivity index (χ4n) is 3.91. The molecule has 2 aromatic rings.